The van der Waals surface area contributed by atoms with Gasteiger partial charge in [-0.3, -0.25) is 4.79 Å². The van der Waals surface area contributed by atoms with E-state index in [-0.39, 0.29) is 24.2 Å². The van der Waals surface area contributed by atoms with Crippen LogP contribution in [-0.4, -0.2) is 85.2 Å². The lowest BCUT2D eigenvalue weighted by atomic mass is 9.96. The lowest BCUT2D eigenvalue weighted by molar-refractivity contribution is -0.129. The Kier molecular flexibility index (Phi) is 6.62. The number of likely N-dealkylation sites (tertiary alicyclic amines) is 1. The molecule has 3 rings (SSSR count). The topological polar surface area (TPSA) is 47.0 Å². The summed E-state index contributed by atoms with van der Waals surface area (Å²) in [7, 11) is 2.16. The van der Waals surface area contributed by atoms with Gasteiger partial charge in [0.15, 0.2) is 0 Å². The Balaban J connectivity index is 1.55. The number of benzene rings is 1. The Morgan fingerprint density at radius 3 is 2.58 bits per heavy atom. The quantitative estimate of drug-likeness (QED) is 0.850. The maximum atomic E-state index is 13.0. The number of nitrogens with zero attached hydrogens (tertiary/aromatic N) is 3. The first-order valence-corrected chi connectivity index (χ1v) is 9.59. The van der Waals surface area contributed by atoms with E-state index in [0.717, 1.165) is 38.3 Å². The molecule has 6 heteroatoms. The Bertz CT molecular complexity index is 595. The molecule has 144 valence electrons. The number of aliphatic hydroxyl groups is 1. The first-order valence-electron chi connectivity index (χ1n) is 9.59. The lowest BCUT2D eigenvalue weighted by Crippen LogP contribution is -2.36. The molecule has 2 aliphatic rings. The average molecular weight is 363 g/mol. The lowest BCUT2D eigenvalue weighted by Gasteiger charge is -2.26. The van der Waals surface area contributed by atoms with Crippen molar-refractivity contribution in [2.45, 2.75) is 12.8 Å². The number of rotatable bonds is 5. The third-order valence-corrected chi connectivity index (χ3v) is 5.74. The van der Waals surface area contributed by atoms with Gasteiger partial charge in [-0.15, -0.1) is 0 Å². The number of amides is 1. The summed E-state index contributed by atoms with van der Waals surface area (Å²) in [6.45, 7) is 6.73. The molecule has 1 amide bonds. The van der Waals surface area contributed by atoms with Gasteiger partial charge in [0.1, 0.15) is 5.82 Å². The molecule has 2 atom stereocenters. The van der Waals surface area contributed by atoms with Crippen LogP contribution in [0.15, 0.2) is 24.3 Å². The zero-order chi connectivity index (χ0) is 18.5. The number of likely N-dealkylation sites (N-methyl/N-ethyl adjacent to an activating group) is 1. The average Bonchev–Trinajstić information content (AvgIpc) is 2.93. The van der Waals surface area contributed by atoms with Crippen molar-refractivity contribution in [2.24, 2.45) is 11.8 Å². The van der Waals surface area contributed by atoms with Gasteiger partial charge in [0.25, 0.3) is 0 Å². The molecule has 0 saturated carbocycles. The molecule has 0 spiro atoms. The van der Waals surface area contributed by atoms with Crippen molar-refractivity contribution in [2.75, 3.05) is 59.5 Å². The third kappa shape index (κ3) is 5.02. The van der Waals surface area contributed by atoms with Crippen LogP contribution in [-0.2, 0) is 11.2 Å². The predicted octanol–water partition coefficient (Wildman–Crippen LogP) is 1.07. The minimum atomic E-state index is -0.286. The van der Waals surface area contributed by atoms with Gasteiger partial charge in [-0.2, -0.15) is 0 Å². The summed E-state index contributed by atoms with van der Waals surface area (Å²) in [5.41, 5.74) is 0.830. The van der Waals surface area contributed by atoms with Gasteiger partial charge in [-0.05, 0) is 50.2 Å². The highest BCUT2D eigenvalue weighted by atomic mass is 19.1. The molecule has 0 aromatic heterocycles. The first kappa shape index (κ1) is 19.3. The zero-order valence-corrected chi connectivity index (χ0v) is 15.6. The van der Waals surface area contributed by atoms with Crippen molar-refractivity contribution < 1.29 is 14.3 Å². The summed E-state index contributed by atoms with van der Waals surface area (Å²) in [6, 6.07) is 6.11. The molecule has 1 aromatic rings. The number of carbonyl (C=O) groups excluding carboxylic acids is 1. The highest BCUT2D eigenvalue weighted by molar-refractivity contribution is 5.79. The second kappa shape index (κ2) is 8.93. The maximum absolute atomic E-state index is 13.0. The summed E-state index contributed by atoms with van der Waals surface area (Å²) in [4.78, 5) is 19.3. The Hall–Kier alpha value is -1.50. The Morgan fingerprint density at radius 2 is 1.85 bits per heavy atom. The van der Waals surface area contributed by atoms with E-state index >= 15 is 0 Å². The minimum absolute atomic E-state index is 0.0631. The van der Waals surface area contributed by atoms with Crippen molar-refractivity contribution >= 4 is 5.91 Å². The van der Waals surface area contributed by atoms with Gasteiger partial charge in [0.05, 0.1) is 6.42 Å². The molecular weight excluding hydrogens is 333 g/mol. The van der Waals surface area contributed by atoms with Crippen LogP contribution < -0.4 is 0 Å². The van der Waals surface area contributed by atoms with Crippen molar-refractivity contribution in [3.8, 4) is 0 Å². The fraction of sp³-hybridized carbons (Fsp3) is 0.650. The van der Waals surface area contributed by atoms with E-state index in [9.17, 15) is 14.3 Å². The van der Waals surface area contributed by atoms with Gasteiger partial charge in [0.2, 0.25) is 5.91 Å². The van der Waals surface area contributed by atoms with E-state index in [1.165, 1.54) is 18.6 Å². The monoisotopic (exact) mass is 363 g/mol. The number of halogens is 1. The molecule has 2 fully saturated rings. The van der Waals surface area contributed by atoms with E-state index in [1.54, 1.807) is 12.1 Å². The van der Waals surface area contributed by atoms with Crippen molar-refractivity contribution in [3.63, 3.8) is 0 Å². The fourth-order valence-electron chi connectivity index (χ4n) is 4.06. The largest absolute Gasteiger partial charge is 0.396 e. The van der Waals surface area contributed by atoms with Crippen LogP contribution in [0.2, 0.25) is 0 Å². The van der Waals surface area contributed by atoms with Crippen LogP contribution in [0.4, 0.5) is 4.39 Å². The van der Waals surface area contributed by atoms with Crippen LogP contribution in [0.5, 0.6) is 0 Å². The predicted molar refractivity (Wildman–Crippen MR) is 99.3 cm³/mol. The van der Waals surface area contributed by atoms with Crippen LogP contribution in [0.3, 0.4) is 0 Å². The normalized spacial score (nSPS) is 25.4. The molecule has 26 heavy (non-hydrogen) atoms. The molecule has 0 bridgehead atoms. The second-order valence-electron chi connectivity index (χ2n) is 7.76. The van der Waals surface area contributed by atoms with Gasteiger partial charge >= 0.3 is 0 Å². The molecule has 0 radical (unpaired) electrons. The third-order valence-electron chi connectivity index (χ3n) is 5.74. The maximum Gasteiger partial charge on any atom is 0.227 e. The van der Waals surface area contributed by atoms with Crippen molar-refractivity contribution in [1.82, 2.24) is 14.7 Å². The first-order chi connectivity index (χ1) is 12.5. The Morgan fingerprint density at radius 1 is 1.12 bits per heavy atom. The molecule has 0 unspecified atom stereocenters. The molecule has 2 saturated heterocycles. The molecular formula is C20H30FN3O2. The highest BCUT2D eigenvalue weighted by Crippen LogP contribution is 2.25. The summed E-state index contributed by atoms with van der Waals surface area (Å²) in [6.07, 6.45) is 1.46. The molecule has 2 aliphatic heterocycles. The van der Waals surface area contributed by atoms with Crippen LogP contribution >= 0.6 is 0 Å². The van der Waals surface area contributed by atoms with Crippen LogP contribution in [0.1, 0.15) is 12.0 Å². The Labute approximate surface area is 155 Å². The van der Waals surface area contributed by atoms with Gasteiger partial charge < -0.3 is 19.8 Å². The molecule has 1 N–H and O–H groups in total. The summed E-state index contributed by atoms with van der Waals surface area (Å²) in [5.74, 6) is 0.243. The number of hydrogen-bond donors (Lipinski definition) is 1. The molecule has 0 aliphatic carbocycles. The number of hydrogen-bond acceptors (Lipinski definition) is 4. The van der Waals surface area contributed by atoms with Gasteiger partial charge in [0, 0.05) is 45.2 Å². The highest BCUT2D eigenvalue weighted by Gasteiger charge is 2.35. The SMILES string of the molecule is CN1CCCN(C[C@@H]2CN(C(=O)Cc3ccc(F)cc3)C[C@@H]2CO)CC1. The van der Waals surface area contributed by atoms with Gasteiger partial charge in [-0.1, -0.05) is 12.1 Å². The van der Waals surface area contributed by atoms with E-state index < -0.39 is 0 Å². The van der Waals surface area contributed by atoms with Crippen molar-refractivity contribution in [1.29, 1.82) is 0 Å². The van der Waals surface area contributed by atoms with E-state index in [0.29, 0.717) is 25.4 Å². The van der Waals surface area contributed by atoms with E-state index in [2.05, 4.69) is 16.8 Å². The smallest absolute Gasteiger partial charge is 0.227 e. The van der Waals surface area contributed by atoms with E-state index in [4.69, 9.17) is 0 Å². The van der Waals surface area contributed by atoms with Crippen LogP contribution in [0, 0.1) is 17.7 Å². The second-order valence-corrected chi connectivity index (χ2v) is 7.76. The standard InChI is InChI=1S/C20H30FN3O2/c1-22-7-2-8-23(10-9-22)12-17-13-24(14-18(17)15-25)20(26)11-16-3-5-19(21)6-4-16/h3-6,17-18,25H,2,7-15H2,1H3/t17-,18-/m1/s1. The molecule has 5 nitrogen and oxygen atoms in total. The molecule has 1 aromatic carbocycles. The minimum Gasteiger partial charge on any atom is -0.396 e. The van der Waals surface area contributed by atoms with Gasteiger partial charge in [-0.25, -0.2) is 4.39 Å². The fourth-order valence-corrected chi connectivity index (χ4v) is 4.06. The summed E-state index contributed by atoms with van der Waals surface area (Å²) >= 11 is 0. The summed E-state index contributed by atoms with van der Waals surface area (Å²) < 4.78 is 13.0. The zero-order valence-electron chi connectivity index (χ0n) is 15.6. The molecule has 2 heterocycles. The van der Waals surface area contributed by atoms with Crippen LogP contribution in [0.25, 0.3) is 0 Å². The number of aliphatic hydroxyl groups excluding tert-OH is 1. The van der Waals surface area contributed by atoms with Crippen molar-refractivity contribution in [3.05, 3.63) is 35.6 Å². The van der Waals surface area contributed by atoms with E-state index in [1.807, 2.05) is 4.90 Å². The summed E-state index contributed by atoms with van der Waals surface area (Å²) in [5, 5.41) is 9.78. The number of carbonyl (C=O) groups is 1.